The molecule has 0 radical (unpaired) electrons. The van der Waals surface area contributed by atoms with Crippen molar-refractivity contribution in [2.24, 2.45) is 40.4 Å². The van der Waals surface area contributed by atoms with Crippen LogP contribution >= 0.6 is 0 Å². The lowest BCUT2D eigenvalue weighted by Gasteiger charge is -2.62. The maximum absolute atomic E-state index is 11.3. The second-order valence-corrected chi connectivity index (χ2v) is 11.3. The number of rotatable bonds is 5. The van der Waals surface area contributed by atoms with E-state index in [1.165, 1.54) is 64.2 Å². The summed E-state index contributed by atoms with van der Waals surface area (Å²) in [6.07, 6.45) is 19.3. The molecule has 0 aromatic carbocycles. The van der Waals surface area contributed by atoms with Gasteiger partial charge in [-0.1, -0.05) is 40.2 Å². The van der Waals surface area contributed by atoms with E-state index in [1.807, 2.05) is 0 Å². The van der Waals surface area contributed by atoms with Crippen LogP contribution < -0.4 is 0 Å². The summed E-state index contributed by atoms with van der Waals surface area (Å²) in [5, 5.41) is 11.3. The van der Waals surface area contributed by atoms with E-state index >= 15 is 0 Å². The SMILES string of the molecule is C.CC(=O)/C=C/CCCC1CCC2C3C(O)CC4CCCC[C@@]4(C)C3CCC12C. The molecule has 4 aliphatic carbocycles. The molecular formula is C27H46O2. The van der Waals surface area contributed by atoms with Gasteiger partial charge >= 0.3 is 0 Å². The number of hydrogen-bond donors (Lipinski definition) is 1. The van der Waals surface area contributed by atoms with Crippen molar-refractivity contribution in [3.63, 3.8) is 0 Å². The van der Waals surface area contributed by atoms with Gasteiger partial charge in [-0.3, -0.25) is 4.79 Å². The highest BCUT2D eigenvalue weighted by Gasteiger charge is 2.61. The Morgan fingerprint density at radius 1 is 1.03 bits per heavy atom. The van der Waals surface area contributed by atoms with Crippen LogP contribution in [0.25, 0.3) is 0 Å². The number of allylic oxidation sites excluding steroid dienone is 2. The van der Waals surface area contributed by atoms with E-state index in [0.29, 0.717) is 16.7 Å². The molecule has 0 aliphatic heterocycles. The summed E-state index contributed by atoms with van der Waals surface area (Å²) in [6.45, 7) is 6.79. The van der Waals surface area contributed by atoms with Crippen LogP contribution in [0.15, 0.2) is 12.2 Å². The molecule has 2 nitrogen and oxygen atoms in total. The number of ketones is 1. The molecule has 0 amide bonds. The maximum Gasteiger partial charge on any atom is 0.152 e. The van der Waals surface area contributed by atoms with Crippen molar-refractivity contribution < 1.29 is 9.90 Å². The van der Waals surface area contributed by atoms with E-state index in [9.17, 15) is 9.90 Å². The second kappa shape index (κ2) is 8.85. The van der Waals surface area contributed by atoms with Crippen LogP contribution in [-0.4, -0.2) is 17.0 Å². The summed E-state index contributed by atoms with van der Waals surface area (Å²) in [5.41, 5.74) is 0.934. The molecule has 1 N–H and O–H groups in total. The van der Waals surface area contributed by atoms with Crippen molar-refractivity contribution in [2.75, 3.05) is 0 Å². The Hall–Kier alpha value is -0.630. The summed E-state index contributed by atoms with van der Waals surface area (Å²) in [4.78, 5) is 11.1. The monoisotopic (exact) mass is 402 g/mol. The van der Waals surface area contributed by atoms with Crippen molar-refractivity contribution in [3.8, 4) is 0 Å². The molecule has 7 unspecified atom stereocenters. The lowest BCUT2D eigenvalue weighted by Crippen LogP contribution is -2.57. The summed E-state index contributed by atoms with van der Waals surface area (Å²) in [5.74, 6) is 3.80. The van der Waals surface area contributed by atoms with Gasteiger partial charge < -0.3 is 5.11 Å². The third-order valence-corrected chi connectivity index (χ3v) is 10.1. The average molecular weight is 403 g/mol. The topological polar surface area (TPSA) is 37.3 Å². The number of unbranched alkanes of at least 4 members (excludes halogenated alkanes) is 1. The summed E-state index contributed by atoms with van der Waals surface area (Å²) < 4.78 is 0. The molecule has 0 aromatic rings. The van der Waals surface area contributed by atoms with Crippen molar-refractivity contribution in [1.82, 2.24) is 0 Å². The number of aliphatic hydroxyl groups excluding tert-OH is 1. The first-order chi connectivity index (χ1) is 13.4. The van der Waals surface area contributed by atoms with Gasteiger partial charge in [0, 0.05) is 0 Å². The van der Waals surface area contributed by atoms with E-state index in [1.54, 1.807) is 13.0 Å². The minimum atomic E-state index is -0.0527. The second-order valence-electron chi connectivity index (χ2n) is 11.3. The fraction of sp³-hybridized carbons (Fsp3) is 0.889. The predicted molar refractivity (Wildman–Crippen MR) is 122 cm³/mol. The largest absolute Gasteiger partial charge is 0.393 e. The van der Waals surface area contributed by atoms with Crippen LogP contribution in [-0.2, 0) is 4.79 Å². The van der Waals surface area contributed by atoms with Crippen molar-refractivity contribution in [1.29, 1.82) is 0 Å². The van der Waals surface area contributed by atoms with Crippen molar-refractivity contribution in [2.45, 2.75) is 111 Å². The fourth-order valence-corrected chi connectivity index (χ4v) is 8.57. The molecule has 0 spiro atoms. The lowest BCUT2D eigenvalue weighted by atomic mass is 9.44. The van der Waals surface area contributed by atoms with Crippen LogP contribution in [0.1, 0.15) is 105 Å². The first kappa shape index (κ1) is 23.0. The molecule has 0 bridgehead atoms. The quantitative estimate of drug-likeness (QED) is 0.399. The number of carbonyl (C=O) groups is 1. The lowest BCUT2D eigenvalue weighted by molar-refractivity contribution is -0.162. The number of carbonyl (C=O) groups excluding carboxylic acids is 1. The Labute approximate surface area is 179 Å². The molecule has 4 fully saturated rings. The molecule has 4 saturated carbocycles. The van der Waals surface area contributed by atoms with Crippen molar-refractivity contribution >= 4 is 5.78 Å². The van der Waals surface area contributed by atoms with Crippen LogP contribution in [0.5, 0.6) is 0 Å². The van der Waals surface area contributed by atoms with Gasteiger partial charge in [-0.15, -0.1) is 0 Å². The fourth-order valence-electron chi connectivity index (χ4n) is 8.57. The van der Waals surface area contributed by atoms with Gasteiger partial charge in [0.15, 0.2) is 5.78 Å². The van der Waals surface area contributed by atoms with E-state index in [4.69, 9.17) is 0 Å². The van der Waals surface area contributed by atoms with Crippen molar-refractivity contribution in [3.05, 3.63) is 12.2 Å². The van der Waals surface area contributed by atoms with E-state index < -0.39 is 0 Å². The van der Waals surface area contributed by atoms with Crippen LogP contribution in [0.2, 0.25) is 0 Å². The van der Waals surface area contributed by atoms with Gasteiger partial charge in [-0.05, 0) is 118 Å². The highest BCUT2D eigenvalue weighted by atomic mass is 16.3. The Morgan fingerprint density at radius 2 is 1.79 bits per heavy atom. The van der Waals surface area contributed by atoms with Gasteiger partial charge in [0.25, 0.3) is 0 Å². The molecule has 2 heteroatoms. The normalized spacial score (nSPS) is 46.5. The zero-order valence-electron chi connectivity index (χ0n) is 18.5. The van der Waals surface area contributed by atoms with E-state index in [2.05, 4.69) is 19.9 Å². The standard InChI is InChI=1S/C26H42O2.CH4/c1-18(27)9-5-4-6-10-19-12-13-21-24-22(14-16-26(19,21)3)25(2)15-8-7-11-20(25)17-23(24)28;/h5,9,19-24,28H,4,6-8,10-17H2,1-3H3;1H4/b9-5+;/t19?,20?,21?,22?,23?,24?,25-,26?;/m1./s1. The number of fused-ring (bicyclic) bond motifs is 5. The zero-order chi connectivity index (χ0) is 19.9. The summed E-state index contributed by atoms with van der Waals surface area (Å²) in [7, 11) is 0. The van der Waals surface area contributed by atoms with Crippen LogP contribution in [0.4, 0.5) is 0 Å². The van der Waals surface area contributed by atoms with E-state index in [0.717, 1.165) is 36.5 Å². The summed E-state index contributed by atoms with van der Waals surface area (Å²) in [6, 6.07) is 0. The summed E-state index contributed by atoms with van der Waals surface area (Å²) >= 11 is 0. The Kier molecular flexibility index (Phi) is 7.03. The first-order valence-electron chi connectivity index (χ1n) is 12.2. The maximum atomic E-state index is 11.3. The van der Waals surface area contributed by atoms with Gasteiger partial charge in [0.1, 0.15) is 0 Å². The minimum absolute atomic E-state index is 0. The highest BCUT2D eigenvalue weighted by molar-refractivity contribution is 5.87. The molecular weight excluding hydrogens is 356 g/mol. The smallest absolute Gasteiger partial charge is 0.152 e. The first-order valence-corrected chi connectivity index (χ1v) is 12.2. The molecule has 0 heterocycles. The third kappa shape index (κ3) is 4.00. The zero-order valence-corrected chi connectivity index (χ0v) is 18.5. The molecule has 4 aliphatic rings. The van der Waals surface area contributed by atoms with Gasteiger partial charge in [-0.2, -0.15) is 0 Å². The number of aliphatic hydroxyl groups is 1. The van der Waals surface area contributed by atoms with Crippen LogP contribution in [0.3, 0.4) is 0 Å². The highest BCUT2D eigenvalue weighted by Crippen LogP contribution is 2.67. The predicted octanol–water partition coefficient (Wildman–Crippen LogP) is 6.96. The molecule has 0 aromatic heterocycles. The van der Waals surface area contributed by atoms with Gasteiger partial charge in [0.2, 0.25) is 0 Å². The number of hydrogen-bond acceptors (Lipinski definition) is 2. The van der Waals surface area contributed by atoms with E-state index in [-0.39, 0.29) is 19.3 Å². The van der Waals surface area contributed by atoms with Crippen LogP contribution in [0, 0.1) is 40.4 Å². The molecule has 0 saturated heterocycles. The Bertz CT molecular complexity index is 610. The molecule has 4 rings (SSSR count). The van der Waals surface area contributed by atoms with Gasteiger partial charge in [-0.25, -0.2) is 0 Å². The Morgan fingerprint density at radius 3 is 2.55 bits per heavy atom. The molecule has 29 heavy (non-hydrogen) atoms. The molecule has 8 atom stereocenters. The average Bonchev–Trinajstić information content (AvgIpc) is 2.98. The minimum Gasteiger partial charge on any atom is -0.393 e. The molecule has 166 valence electrons. The third-order valence-electron chi connectivity index (χ3n) is 10.1. The Balaban J connectivity index is 0.00000240. The van der Waals surface area contributed by atoms with Gasteiger partial charge in [0.05, 0.1) is 6.10 Å².